The molecule has 2 saturated carbocycles. The Morgan fingerprint density at radius 3 is 2.27 bits per heavy atom. The summed E-state index contributed by atoms with van der Waals surface area (Å²) >= 11 is 0. The Hall–Kier alpha value is -1.03. The Labute approximate surface area is 129 Å². The first-order valence-electron chi connectivity index (χ1n) is 8.34. The molecule has 0 N–H and O–H groups in total. The van der Waals surface area contributed by atoms with Gasteiger partial charge in [-0.2, -0.15) is 0 Å². The molecule has 1 nitrogen and oxygen atoms in total. The van der Waals surface area contributed by atoms with Crippen molar-refractivity contribution in [1.82, 2.24) is 0 Å². The highest BCUT2D eigenvalue weighted by atomic mass is 19.2. The van der Waals surface area contributed by atoms with E-state index >= 15 is 0 Å². The fraction of sp³-hybridized carbons (Fsp3) is 0.667. The van der Waals surface area contributed by atoms with Crippen molar-refractivity contribution < 1.29 is 17.9 Å². The lowest BCUT2D eigenvalue weighted by Crippen LogP contribution is -2.33. The van der Waals surface area contributed by atoms with Crippen LogP contribution in [0.3, 0.4) is 0 Å². The van der Waals surface area contributed by atoms with Crippen LogP contribution in [-0.2, 0) is 4.74 Å². The lowest BCUT2D eigenvalue weighted by molar-refractivity contribution is -0.00957. The van der Waals surface area contributed by atoms with Crippen LogP contribution < -0.4 is 0 Å². The van der Waals surface area contributed by atoms with Gasteiger partial charge in [0.25, 0.3) is 0 Å². The Kier molecular flexibility index (Phi) is 4.76. The Bertz CT molecular complexity index is 508. The molecule has 0 saturated heterocycles. The molecule has 2 aliphatic rings. The van der Waals surface area contributed by atoms with Gasteiger partial charge in [-0.25, -0.2) is 13.2 Å². The maximum absolute atomic E-state index is 13.4. The highest BCUT2D eigenvalue weighted by Gasteiger charge is 2.36. The van der Waals surface area contributed by atoms with Crippen LogP contribution in [0.5, 0.6) is 0 Å². The molecule has 0 amide bonds. The first kappa shape index (κ1) is 15.9. The molecule has 22 heavy (non-hydrogen) atoms. The zero-order valence-electron chi connectivity index (χ0n) is 13.0. The zero-order chi connectivity index (χ0) is 15.7. The second-order valence-corrected chi connectivity index (χ2v) is 6.72. The molecule has 122 valence electrons. The van der Waals surface area contributed by atoms with E-state index in [-0.39, 0.29) is 5.92 Å². The minimum Gasteiger partial charge on any atom is -0.378 e. The summed E-state index contributed by atoms with van der Waals surface area (Å²) in [7, 11) is 0. The van der Waals surface area contributed by atoms with E-state index in [9.17, 15) is 13.2 Å². The van der Waals surface area contributed by atoms with E-state index in [0.29, 0.717) is 23.5 Å². The van der Waals surface area contributed by atoms with E-state index < -0.39 is 17.5 Å². The standard InChI is InChI=1S/C18H23F3O/c1-2-22-15-6-5-11-7-12(3-4-13(11)8-15)14-9-16(19)18(21)17(20)10-14/h9-13,15H,2-8H2,1H3/t11-,12?,13?,15-/m1/s1. The minimum absolute atomic E-state index is 0.148. The number of hydrogen-bond acceptors (Lipinski definition) is 1. The lowest BCUT2D eigenvalue weighted by Gasteiger charge is -2.42. The molecule has 2 unspecified atom stereocenters. The third-order valence-corrected chi connectivity index (χ3v) is 5.44. The number of rotatable bonds is 3. The lowest BCUT2D eigenvalue weighted by atomic mass is 9.65. The first-order valence-corrected chi connectivity index (χ1v) is 8.34. The molecular formula is C18H23F3O. The van der Waals surface area contributed by atoms with Crippen LogP contribution >= 0.6 is 0 Å². The van der Waals surface area contributed by atoms with E-state index in [0.717, 1.165) is 45.1 Å². The number of halogens is 3. The molecule has 3 rings (SSSR count). The molecule has 2 fully saturated rings. The molecule has 0 spiro atoms. The Morgan fingerprint density at radius 2 is 1.59 bits per heavy atom. The molecule has 0 heterocycles. The van der Waals surface area contributed by atoms with E-state index in [1.54, 1.807) is 0 Å². The molecule has 1 aromatic carbocycles. The average molecular weight is 312 g/mol. The van der Waals surface area contributed by atoms with Crippen molar-refractivity contribution in [2.24, 2.45) is 11.8 Å². The zero-order valence-corrected chi connectivity index (χ0v) is 13.0. The molecule has 0 aliphatic heterocycles. The van der Waals surface area contributed by atoms with E-state index in [1.807, 2.05) is 6.92 Å². The number of fused-ring (bicyclic) bond motifs is 1. The van der Waals surface area contributed by atoms with Gasteiger partial charge in [-0.3, -0.25) is 0 Å². The fourth-order valence-corrected chi connectivity index (χ4v) is 4.35. The smallest absolute Gasteiger partial charge is 0.194 e. The van der Waals surface area contributed by atoms with Crippen molar-refractivity contribution in [3.05, 3.63) is 35.1 Å². The van der Waals surface area contributed by atoms with Crippen molar-refractivity contribution in [2.45, 2.75) is 57.5 Å². The number of ether oxygens (including phenoxy) is 1. The molecule has 0 aromatic heterocycles. The summed E-state index contributed by atoms with van der Waals surface area (Å²) in [4.78, 5) is 0. The minimum atomic E-state index is -1.37. The van der Waals surface area contributed by atoms with Crippen LogP contribution in [0.1, 0.15) is 56.9 Å². The van der Waals surface area contributed by atoms with Crippen LogP contribution in [0.25, 0.3) is 0 Å². The van der Waals surface area contributed by atoms with E-state index in [4.69, 9.17) is 4.74 Å². The first-order chi connectivity index (χ1) is 10.6. The van der Waals surface area contributed by atoms with Crippen LogP contribution in [0, 0.1) is 29.3 Å². The van der Waals surface area contributed by atoms with Gasteiger partial charge in [-0.05, 0) is 80.9 Å². The summed E-state index contributed by atoms with van der Waals surface area (Å²) in [5.41, 5.74) is 0.613. The summed E-state index contributed by atoms with van der Waals surface area (Å²) in [5.74, 6) is -2.10. The maximum Gasteiger partial charge on any atom is 0.194 e. The van der Waals surface area contributed by atoms with Crippen molar-refractivity contribution in [3.63, 3.8) is 0 Å². The SMILES string of the molecule is CCO[C@@H]1CC[C@@H]2CC(c3cc(F)c(F)c(F)c3)CCC2C1. The van der Waals surface area contributed by atoms with Crippen molar-refractivity contribution >= 4 is 0 Å². The number of benzene rings is 1. The van der Waals surface area contributed by atoms with Gasteiger partial charge in [0.05, 0.1) is 6.10 Å². The van der Waals surface area contributed by atoms with Gasteiger partial charge in [0.15, 0.2) is 17.5 Å². The van der Waals surface area contributed by atoms with Gasteiger partial charge in [0, 0.05) is 6.61 Å². The Balaban J connectivity index is 1.68. The summed E-state index contributed by atoms with van der Waals surface area (Å²) in [6.45, 7) is 2.79. The van der Waals surface area contributed by atoms with Crippen molar-refractivity contribution in [2.75, 3.05) is 6.61 Å². The maximum atomic E-state index is 13.4. The molecule has 4 heteroatoms. The van der Waals surface area contributed by atoms with E-state index in [2.05, 4.69) is 0 Å². The van der Waals surface area contributed by atoms with Crippen LogP contribution in [-0.4, -0.2) is 12.7 Å². The topological polar surface area (TPSA) is 9.23 Å². The summed E-state index contributed by atoms with van der Waals surface area (Å²) in [6.07, 6.45) is 6.63. The second-order valence-electron chi connectivity index (χ2n) is 6.72. The third kappa shape index (κ3) is 3.17. The van der Waals surface area contributed by atoms with Gasteiger partial charge in [-0.15, -0.1) is 0 Å². The van der Waals surface area contributed by atoms with Crippen LogP contribution in [0.4, 0.5) is 13.2 Å². The van der Waals surface area contributed by atoms with Gasteiger partial charge in [-0.1, -0.05) is 0 Å². The van der Waals surface area contributed by atoms with Crippen LogP contribution in [0.15, 0.2) is 12.1 Å². The second kappa shape index (κ2) is 6.61. The molecule has 0 radical (unpaired) electrons. The highest BCUT2D eigenvalue weighted by molar-refractivity contribution is 5.24. The monoisotopic (exact) mass is 312 g/mol. The van der Waals surface area contributed by atoms with Crippen molar-refractivity contribution in [3.8, 4) is 0 Å². The third-order valence-electron chi connectivity index (χ3n) is 5.44. The van der Waals surface area contributed by atoms with Gasteiger partial charge in [0.1, 0.15) is 0 Å². The van der Waals surface area contributed by atoms with Gasteiger partial charge < -0.3 is 4.74 Å². The predicted octanol–water partition coefficient (Wildman–Crippen LogP) is 5.19. The van der Waals surface area contributed by atoms with E-state index in [1.165, 1.54) is 12.1 Å². The van der Waals surface area contributed by atoms with Gasteiger partial charge in [0.2, 0.25) is 0 Å². The molecule has 4 atom stereocenters. The summed E-state index contributed by atoms with van der Waals surface area (Å²) < 4.78 is 45.7. The summed E-state index contributed by atoms with van der Waals surface area (Å²) in [5, 5.41) is 0. The average Bonchev–Trinajstić information content (AvgIpc) is 2.52. The quantitative estimate of drug-likeness (QED) is 0.698. The fourth-order valence-electron chi connectivity index (χ4n) is 4.35. The normalized spacial score (nSPS) is 31.8. The largest absolute Gasteiger partial charge is 0.378 e. The molecule has 0 bridgehead atoms. The highest BCUT2D eigenvalue weighted by Crippen LogP contribution is 2.46. The molecule has 2 aliphatic carbocycles. The van der Waals surface area contributed by atoms with Crippen LogP contribution in [0.2, 0.25) is 0 Å². The molecule has 1 aromatic rings. The summed E-state index contributed by atoms with van der Waals surface area (Å²) in [6, 6.07) is 2.35. The molecular weight excluding hydrogens is 289 g/mol. The van der Waals surface area contributed by atoms with Gasteiger partial charge >= 0.3 is 0 Å². The predicted molar refractivity (Wildman–Crippen MR) is 79.2 cm³/mol. The van der Waals surface area contributed by atoms with Crippen molar-refractivity contribution in [1.29, 1.82) is 0 Å². The Morgan fingerprint density at radius 1 is 0.955 bits per heavy atom. The number of hydrogen-bond donors (Lipinski definition) is 0.